The number of anilines is 3. The standard InChI is InChI=1S/C24H29N9O2/c1-25-9-12-31-10-3-5-17(15-31)32-11-4-6-19(24(32)35)29-20-13-21(26-2)33-22(30-20)18(14-27-33)23(34)28-16-7-8-16/h4,6,11,13-14,16-17,26H,3,5,7-10,12,15H2,2H3,(H,28,34)(H,29,30). The molecule has 1 amide bonds. The number of hydrogen-bond donors (Lipinski definition) is 3. The molecule has 2 fully saturated rings. The van der Waals surface area contributed by atoms with Crippen LogP contribution in [0.5, 0.6) is 0 Å². The number of carbonyl (C=O) groups is 1. The van der Waals surface area contributed by atoms with Crippen LogP contribution in [0.2, 0.25) is 0 Å². The van der Waals surface area contributed by atoms with Crippen molar-refractivity contribution in [3.8, 4) is 0 Å². The summed E-state index contributed by atoms with van der Waals surface area (Å²) in [5.74, 6) is 0.887. The number of piperidine rings is 1. The van der Waals surface area contributed by atoms with Crippen molar-refractivity contribution in [3.05, 3.63) is 57.9 Å². The maximum absolute atomic E-state index is 13.4. The van der Waals surface area contributed by atoms with E-state index in [2.05, 4.69) is 35.8 Å². The van der Waals surface area contributed by atoms with Gasteiger partial charge in [-0.25, -0.2) is 11.6 Å². The van der Waals surface area contributed by atoms with Gasteiger partial charge in [0.1, 0.15) is 22.9 Å². The summed E-state index contributed by atoms with van der Waals surface area (Å²) in [5.41, 5.74) is 1.09. The van der Waals surface area contributed by atoms with Gasteiger partial charge in [0.2, 0.25) is 6.54 Å². The molecule has 3 aromatic heterocycles. The molecule has 3 N–H and O–H groups in total. The van der Waals surface area contributed by atoms with E-state index >= 15 is 0 Å². The summed E-state index contributed by atoms with van der Waals surface area (Å²) in [6.45, 7) is 9.95. The van der Waals surface area contributed by atoms with Crippen LogP contribution in [-0.2, 0) is 0 Å². The molecule has 1 unspecified atom stereocenters. The minimum absolute atomic E-state index is 0.0552. The van der Waals surface area contributed by atoms with Crippen LogP contribution in [0, 0.1) is 6.57 Å². The van der Waals surface area contributed by atoms with Crippen LogP contribution >= 0.6 is 0 Å². The van der Waals surface area contributed by atoms with Crippen molar-refractivity contribution in [2.75, 3.05) is 43.9 Å². The zero-order valence-electron chi connectivity index (χ0n) is 19.7. The van der Waals surface area contributed by atoms with Gasteiger partial charge in [-0.1, -0.05) is 0 Å². The van der Waals surface area contributed by atoms with E-state index in [0.29, 0.717) is 35.1 Å². The Labute approximate surface area is 203 Å². The summed E-state index contributed by atoms with van der Waals surface area (Å²) >= 11 is 0. The third kappa shape index (κ3) is 4.83. The molecule has 1 saturated heterocycles. The normalized spacial score (nSPS) is 18.2. The lowest BCUT2D eigenvalue weighted by molar-refractivity contribution is 0.0952. The van der Waals surface area contributed by atoms with Crippen LogP contribution < -0.4 is 21.5 Å². The number of fused-ring (bicyclic) bond motifs is 1. The maximum Gasteiger partial charge on any atom is 0.274 e. The SMILES string of the molecule is [C-]#[N+]CCN1CCCC(n2cccc(Nc3cc(NC)n4ncc(C(=O)NC5CC5)c4n3)c2=O)C1. The van der Waals surface area contributed by atoms with E-state index in [1.807, 2.05) is 12.3 Å². The van der Waals surface area contributed by atoms with E-state index in [9.17, 15) is 9.59 Å². The first-order valence-electron chi connectivity index (χ1n) is 12.0. The third-order valence-corrected chi connectivity index (χ3v) is 6.52. The minimum atomic E-state index is -0.198. The van der Waals surface area contributed by atoms with Crippen LogP contribution in [-0.4, -0.2) is 69.2 Å². The summed E-state index contributed by atoms with van der Waals surface area (Å²) in [6, 6.07) is 5.63. The third-order valence-electron chi connectivity index (χ3n) is 6.52. The molecule has 1 atom stereocenters. The smallest absolute Gasteiger partial charge is 0.274 e. The molecule has 0 bridgehead atoms. The first-order valence-corrected chi connectivity index (χ1v) is 12.0. The van der Waals surface area contributed by atoms with Crippen molar-refractivity contribution >= 4 is 28.9 Å². The monoisotopic (exact) mass is 475 g/mol. The van der Waals surface area contributed by atoms with E-state index in [1.165, 1.54) is 6.20 Å². The van der Waals surface area contributed by atoms with Crippen molar-refractivity contribution in [2.24, 2.45) is 0 Å². The van der Waals surface area contributed by atoms with Crippen LogP contribution in [0.3, 0.4) is 0 Å². The van der Waals surface area contributed by atoms with Crippen LogP contribution in [0.4, 0.5) is 17.3 Å². The Hall–Kier alpha value is -3.91. The fraction of sp³-hybridized carbons (Fsp3) is 0.458. The quantitative estimate of drug-likeness (QED) is 0.428. The second-order valence-corrected chi connectivity index (χ2v) is 9.06. The fourth-order valence-electron chi connectivity index (χ4n) is 4.54. The van der Waals surface area contributed by atoms with E-state index in [1.54, 1.807) is 28.3 Å². The second kappa shape index (κ2) is 9.76. The molecule has 35 heavy (non-hydrogen) atoms. The fourth-order valence-corrected chi connectivity index (χ4v) is 4.54. The molecule has 182 valence electrons. The first kappa shape index (κ1) is 22.9. The molecule has 1 aliphatic carbocycles. The lowest BCUT2D eigenvalue weighted by Gasteiger charge is -2.32. The Morgan fingerprint density at radius 1 is 1.31 bits per heavy atom. The lowest BCUT2D eigenvalue weighted by atomic mass is 10.1. The predicted molar refractivity (Wildman–Crippen MR) is 133 cm³/mol. The number of rotatable bonds is 8. The van der Waals surface area contributed by atoms with E-state index in [4.69, 9.17) is 6.57 Å². The number of nitrogens with one attached hydrogen (secondary N) is 3. The van der Waals surface area contributed by atoms with E-state index in [-0.39, 0.29) is 23.6 Å². The maximum atomic E-state index is 13.4. The number of likely N-dealkylation sites (tertiary alicyclic amines) is 1. The van der Waals surface area contributed by atoms with Crippen molar-refractivity contribution in [1.82, 2.24) is 29.4 Å². The predicted octanol–water partition coefficient (Wildman–Crippen LogP) is 2.12. The number of hydrogen-bond acceptors (Lipinski definition) is 7. The molecule has 2 aliphatic rings. The van der Waals surface area contributed by atoms with Crippen molar-refractivity contribution in [2.45, 2.75) is 37.8 Å². The highest BCUT2D eigenvalue weighted by Gasteiger charge is 2.26. The van der Waals surface area contributed by atoms with Gasteiger partial charge in [0, 0.05) is 37.9 Å². The largest absolute Gasteiger partial charge is 0.373 e. The molecule has 11 nitrogen and oxygen atoms in total. The average molecular weight is 476 g/mol. The molecule has 1 aliphatic heterocycles. The minimum Gasteiger partial charge on any atom is -0.373 e. The first-order chi connectivity index (χ1) is 17.1. The van der Waals surface area contributed by atoms with Crippen molar-refractivity contribution < 1.29 is 4.79 Å². The summed E-state index contributed by atoms with van der Waals surface area (Å²) in [4.78, 5) is 36.4. The molecule has 1 saturated carbocycles. The van der Waals surface area contributed by atoms with Gasteiger partial charge in [-0.05, 0) is 44.4 Å². The van der Waals surface area contributed by atoms with Gasteiger partial charge in [0.25, 0.3) is 11.5 Å². The Bertz CT molecular complexity index is 1330. The van der Waals surface area contributed by atoms with Crippen molar-refractivity contribution in [1.29, 1.82) is 0 Å². The summed E-state index contributed by atoms with van der Waals surface area (Å²) < 4.78 is 3.35. The lowest BCUT2D eigenvalue weighted by Crippen LogP contribution is -2.40. The van der Waals surface area contributed by atoms with Crippen LogP contribution in [0.25, 0.3) is 10.5 Å². The molecule has 0 spiro atoms. The molecule has 0 radical (unpaired) electrons. The summed E-state index contributed by atoms with van der Waals surface area (Å²) in [6.07, 6.45) is 7.23. The summed E-state index contributed by atoms with van der Waals surface area (Å²) in [5, 5.41) is 13.5. The second-order valence-electron chi connectivity index (χ2n) is 9.06. The molecular weight excluding hydrogens is 446 g/mol. The Balaban J connectivity index is 1.42. The number of nitrogens with zero attached hydrogens (tertiary/aromatic N) is 6. The Morgan fingerprint density at radius 2 is 2.17 bits per heavy atom. The van der Waals surface area contributed by atoms with Gasteiger partial charge in [0.05, 0.1) is 12.7 Å². The molecule has 5 rings (SSSR count). The van der Waals surface area contributed by atoms with Gasteiger partial charge in [0.15, 0.2) is 5.65 Å². The Morgan fingerprint density at radius 3 is 2.94 bits per heavy atom. The highest BCUT2D eigenvalue weighted by molar-refractivity contribution is 6.00. The van der Waals surface area contributed by atoms with Crippen molar-refractivity contribution in [3.63, 3.8) is 0 Å². The van der Waals surface area contributed by atoms with Gasteiger partial charge in [-0.2, -0.15) is 9.61 Å². The highest BCUT2D eigenvalue weighted by Crippen LogP contribution is 2.24. The zero-order chi connectivity index (χ0) is 24.4. The van der Waals surface area contributed by atoms with E-state index in [0.717, 1.165) is 45.3 Å². The van der Waals surface area contributed by atoms with Gasteiger partial charge in [-0.15, -0.1) is 0 Å². The highest BCUT2D eigenvalue weighted by atomic mass is 16.2. The molecule has 11 heteroatoms. The van der Waals surface area contributed by atoms with E-state index < -0.39 is 0 Å². The molecule has 0 aromatic carbocycles. The van der Waals surface area contributed by atoms with Gasteiger partial charge in [-0.3, -0.25) is 14.5 Å². The summed E-state index contributed by atoms with van der Waals surface area (Å²) in [7, 11) is 1.77. The number of amides is 1. The van der Waals surface area contributed by atoms with Crippen LogP contribution in [0.1, 0.15) is 42.1 Å². The average Bonchev–Trinajstić information content (AvgIpc) is 3.58. The Kier molecular flexibility index (Phi) is 6.37. The van der Waals surface area contributed by atoms with Crippen LogP contribution in [0.15, 0.2) is 35.4 Å². The topological polar surface area (TPSA) is 113 Å². The molecule has 4 heterocycles. The molecule has 3 aromatic rings. The molecular formula is C24H29N9O2. The number of aromatic nitrogens is 4. The van der Waals surface area contributed by atoms with Gasteiger partial charge >= 0.3 is 0 Å². The van der Waals surface area contributed by atoms with Gasteiger partial charge < -0.3 is 25.4 Å². The zero-order valence-corrected chi connectivity index (χ0v) is 19.7. The number of carbonyl (C=O) groups excluding carboxylic acids is 1. The number of pyridine rings is 1.